The normalized spacial score (nSPS) is 10.3. The van der Waals surface area contributed by atoms with E-state index in [1.807, 2.05) is 0 Å². The molecule has 0 fully saturated rings. The minimum atomic E-state index is 1.18. The first-order valence-corrected chi connectivity index (χ1v) is 4.65. The summed E-state index contributed by atoms with van der Waals surface area (Å²) in [6.07, 6.45) is 0. The first kappa shape index (κ1) is 7.54. The second-order valence-corrected chi connectivity index (χ2v) is 4.02. The van der Waals surface area contributed by atoms with Gasteiger partial charge in [0.05, 0.1) is 0 Å². The maximum absolute atomic E-state index is 2.26. The van der Waals surface area contributed by atoms with Gasteiger partial charge in [0.15, 0.2) is 0 Å². The fourth-order valence-corrected chi connectivity index (χ4v) is 1.54. The van der Waals surface area contributed by atoms with E-state index in [-0.39, 0.29) is 0 Å². The number of hydrogen-bond donors (Lipinski definition) is 0. The molecule has 0 atom stereocenters. The SMILES string of the molecule is Cc1cc(C)c([SiH3])c(C)c1. The molecule has 0 aromatic heterocycles. The zero-order valence-corrected chi connectivity index (χ0v) is 9.15. The molecule has 1 heteroatoms. The molecule has 0 aliphatic carbocycles. The van der Waals surface area contributed by atoms with E-state index >= 15 is 0 Å². The van der Waals surface area contributed by atoms with Gasteiger partial charge in [0.2, 0.25) is 0 Å². The van der Waals surface area contributed by atoms with Crippen LogP contribution in [-0.2, 0) is 0 Å². The maximum atomic E-state index is 2.26. The van der Waals surface area contributed by atoms with Gasteiger partial charge in [0.25, 0.3) is 0 Å². The van der Waals surface area contributed by atoms with Crippen molar-refractivity contribution in [1.82, 2.24) is 0 Å². The van der Waals surface area contributed by atoms with Crippen molar-refractivity contribution < 1.29 is 0 Å². The van der Waals surface area contributed by atoms with Gasteiger partial charge < -0.3 is 0 Å². The van der Waals surface area contributed by atoms with Crippen LogP contribution in [0.15, 0.2) is 12.1 Å². The third kappa shape index (κ3) is 1.29. The number of rotatable bonds is 0. The summed E-state index contributed by atoms with van der Waals surface area (Å²) in [7, 11) is 1.18. The van der Waals surface area contributed by atoms with E-state index in [2.05, 4.69) is 32.9 Å². The van der Waals surface area contributed by atoms with Crippen molar-refractivity contribution in [2.75, 3.05) is 0 Å². The predicted molar refractivity (Wildman–Crippen MR) is 50.2 cm³/mol. The minimum absolute atomic E-state index is 1.18. The molecule has 0 aliphatic heterocycles. The highest BCUT2D eigenvalue weighted by Gasteiger charge is 1.95. The maximum Gasteiger partial charge on any atom is 0.0391 e. The molecule has 0 saturated heterocycles. The molecule has 0 heterocycles. The Morgan fingerprint density at radius 2 is 1.40 bits per heavy atom. The molecule has 54 valence electrons. The molecule has 1 rings (SSSR count). The van der Waals surface area contributed by atoms with Crippen LogP contribution in [0, 0.1) is 20.8 Å². The van der Waals surface area contributed by atoms with E-state index in [0.717, 1.165) is 0 Å². The molecule has 0 nitrogen and oxygen atoms in total. The highest BCUT2D eigenvalue weighted by Crippen LogP contribution is 2.03. The van der Waals surface area contributed by atoms with Crippen molar-refractivity contribution in [1.29, 1.82) is 0 Å². The molecule has 1 aromatic rings. The third-order valence-corrected chi connectivity index (χ3v) is 3.65. The Morgan fingerprint density at radius 3 is 1.80 bits per heavy atom. The average molecular weight is 150 g/mol. The topological polar surface area (TPSA) is 0 Å². The highest BCUT2D eigenvalue weighted by molar-refractivity contribution is 6.34. The van der Waals surface area contributed by atoms with Gasteiger partial charge in [-0.3, -0.25) is 0 Å². The summed E-state index contributed by atoms with van der Waals surface area (Å²) in [6.45, 7) is 6.55. The van der Waals surface area contributed by atoms with Crippen LogP contribution >= 0.6 is 0 Å². The predicted octanol–water partition coefficient (Wildman–Crippen LogP) is 0.603. The fourth-order valence-electron chi connectivity index (χ4n) is 1.25. The molecule has 0 spiro atoms. The zero-order valence-electron chi connectivity index (χ0n) is 7.15. The second kappa shape index (κ2) is 2.58. The first-order chi connectivity index (χ1) is 4.61. The molecule has 0 saturated carbocycles. The van der Waals surface area contributed by atoms with Crippen molar-refractivity contribution >= 4 is 15.4 Å². The van der Waals surface area contributed by atoms with E-state index < -0.39 is 0 Å². The molecule has 0 bridgehead atoms. The summed E-state index contributed by atoms with van der Waals surface area (Å²) >= 11 is 0. The van der Waals surface area contributed by atoms with Crippen molar-refractivity contribution in [3.05, 3.63) is 28.8 Å². The van der Waals surface area contributed by atoms with E-state index in [1.54, 1.807) is 5.19 Å². The molecule has 0 unspecified atom stereocenters. The summed E-state index contributed by atoms with van der Waals surface area (Å²) < 4.78 is 0. The summed E-state index contributed by atoms with van der Waals surface area (Å²) in [5.74, 6) is 0. The summed E-state index contributed by atoms with van der Waals surface area (Å²) in [6, 6.07) is 4.52. The Hall–Kier alpha value is -0.563. The van der Waals surface area contributed by atoms with Crippen LogP contribution in [0.25, 0.3) is 0 Å². The Bertz CT molecular complexity index is 228. The van der Waals surface area contributed by atoms with E-state index in [1.165, 1.54) is 26.9 Å². The highest BCUT2D eigenvalue weighted by atomic mass is 28.1. The number of aryl methyl sites for hydroxylation is 3. The van der Waals surface area contributed by atoms with Gasteiger partial charge in [-0.25, -0.2) is 0 Å². The summed E-state index contributed by atoms with van der Waals surface area (Å²) in [5, 5.41) is 1.56. The van der Waals surface area contributed by atoms with Crippen molar-refractivity contribution in [3.63, 3.8) is 0 Å². The lowest BCUT2D eigenvalue weighted by molar-refractivity contribution is 1.35. The Morgan fingerprint density at radius 1 is 1.00 bits per heavy atom. The van der Waals surface area contributed by atoms with Crippen LogP contribution in [0.4, 0.5) is 0 Å². The van der Waals surface area contributed by atoms with Crippen LogP contribution < -0.4 is 5.19 Å². The van der Waals surface area contributed by atoms with Crippen LogP contribution in [0.2, 0.25) is 0 Å². The Balaban J connectivity index is 3.31. The quantitative estimate of drug-likeness (QED) is 0.475. The molecule has 1 aromatic carbocycles. The Kier molecular flexibility index (Phi) is 1.95. The van der Waals surface area contributed by atoms with Gasteiger partial charge in [-0.2, -0.15) is 0 Å². The van der Waals surface area contributed by atoms with Crippen LogP contribution in [-0.4, -0.2) is 10.2 Å². The average Bonchev–Trinajstić information content (AvgIpc) is 1.82. The largest absolute Gasteiger partial charge is 0.0650 e. The molecular weight excluding hydrogens is 136 g/mol. The van der Waals surface area contributed by atoms with E-state index in [4.69, 9.17) is 0 Å². The van der Waals surface area contributed by atoms with Gasteiger partial charge >= 0.3 is 0 Å². The van der Waals surface area contributed by atoms with Crippen LogP contribution in [0.3, 0.4) is 0 Å². The fraction of sp³-hybridized carbons (Fsp3) is 0.333. The number of hydrogen-bond acceptors (Lipinski definition) is 0. The smallest absolute Gasteiger partial charge is 0.0391 e. The lowest BCUT2D eigenvalue weighted by Crippen LogP contribution is -2.11. The van der Waals surface area contributed by atoms with E-state index in [9.17, 15) is 0 Å². The minimum Gasteiger partial charge on any atom is -0.0650 e. The van der Waals surface area contributed by atoms with Crippen LogP contribution in [0.5, 0.6) is 0 Å². The van der Waals surface area contributed by atoms with Gasteiger partial charge in [-0.15, -0.1) is 0 Å². The molecule has 0 N–H and O–H groups in total. The van der Waals surface area contributed by atoms with E-state index in [0.29, 0.717) is 0 Å². The molecule has 0 aliphatic rings. The lowest BCUT2D eigenvalue weighted by Gasteiger charge is -2.04. The Labute approximate surface area is 65.7 Å². The first-order valence-electron chi connectivity index (χ1n) is 3.65. The molecule has 10 heavy (non-hydrogen) atoms. The monoisotopic (exact) mass is 150 g/mol. The van der Waals surface area contributed by atoms with Crippen LogP contribution in [0.1, 0.15) is 16.7 Å². The zero-order chi connectivity index (χ0) is 7.72. The van der Waals surface area contributed by atoms with Gasteiger partial charge in [-0.1, -0.05) is 34.0 Å². The van der Waals surface area contributed by atoms with Crippen molar-refractivity contribution in [2.45, 2.75) is 20.8 Å². The van der Waals surface area contributed by atoms with Gasteiger partial charge in [0.1, 0.15) is 0 Å². The van der Waals surface area contributed by atoms with Gasteiger partial charge in [-0.05, 0) is 20.8 Å². The van der Waals surface area contributed by atoms with Crippen molar-refractivity contribution in [2.24, 2.45) is 0 Å². The molecular formula is C9H14Si. The van der Waals surface area contributed by atoms with Crippen molar-refractivity contribution in [3.8, 4) is 0 Å². The number of benzene rings is 1. The third-order valence-electron chi connectivity index (χ3n) is 2.07. The summed E-state index contributed by atoms with van der Waals surface area (Å²) in [4.78, 5) is 0. The second-order valence-electron chi connectivity index (χ2n) is 3.02. The lowest BCUT2D eigenvalue weighted by atomic mass is 10.1. The molecule has 0 radical (unpaired) electrons. The summed E-state index contributed by atoms with van der Waals surface area (Å²) in [5.41, 5.74) is 4.31. The molecule has 0 amide bonds. The van der Waals surface area contributed by atoms with Gasteiger partial charge in [0, 0.05) is 10.2 Å². The standard InChI is InChI=1S/C9H14Si/c1-6-4-7(2)9(10)8(3)5-6/h4-5H,1-3,10H3.